The van der Waals surface area contributed by atoms with Gasteiger partial charge in [0.1, 0.15) is 0 Å². The molecule has 14 heavy (non-hydrogen) atoms. The summed E-state index contributed by atoms with van der Waals surface area (Å²) in [5, 5.41) is 0. The van der Waals surface area contributed by atoms with E-state index in [9.17, 15) is 4.39 Å². The number of rotatable bonds is 3. The maximum Gasteiger partial charge on any atom is 0.168 e. The van der Waals surface area contributed by atoms with E-state index < -0.39 is 0 Å². The Balaban J connectivity index is 2.46. The summed E-state index contributed by atoms with van der Waals surface area (Å²) in [4.78, 5) is 0. The van der Waals surface area contributed by atoms with Gasteiger partial charge in [0.2, 0.25) is 0 Å². The Bertz CT molecular complexity index is 342. The van der Waals surface area contributed by atoms with Gasteiger partial charge in [0.25, 0.3) is 0 Å². The van der Waals surface area contributed by atoms with Gasteiger partial charge in [-0.15, -0.1) is 0 Å². The van der Waals surface area contributed by atoms with Crippen LogP contribution in [0.1, 0.15) is 36.8 Å². The fourth-order valence-corrected chi connectivity index (χ4v) is 1.91. The molecule has 1 saturated carbocycles. The highest BCUT2D eigenvalue weighted by molar-refractivity contribution is 5.41. The monoisotopic (exact) mass is 194 g/mol. The Morgan fingerprint density at radius 3 is 2.64 bits per heavy atom. The Morgan fingerprint density at radius 2 is 2.14 bits per heavy atom. The average Bonchev–Trinajstić information content (AvgIpc) is 3.00. The van der Waals surface area contributed by atoms with Crippen LogP contribution in [0.4, 0.5) is 4.39 Å². The standard InChI is InChI=1S/C12H15FO/c1-3-9-10(8-4-5-8)6-7-11(14-2)12(9)13/h6-8H,3-5H2,1-2H3. The van der Waals surface area contributed by atoms with E-state index in [0.717, 1.165) is 12.0 Å². The third-order valence-corrected chi connectivity index (χ3v) is 2.83. The van der Waals surface area contributed by atoms with E-state index in [-0.39, 0.29) is 5.82 Å². The molecule has 0 saturated heterocycles. The molecule has 0 bridgehead atoms. The summed E-state index contributed by atoms with van der Waals surface area (Å²) in [6, 6.07) is 3.75. The number of methoxy groups -OCH3 is 1. The molecule has 0 spiro atoms. The van der Waals surface area contributed by atoms with Crippen molar-refractivity contribution in [1.29, 1.82) is 0 Å². The van der Waals surface area contributed by atoms with Gasteiger partial charge in [-0.05, 0) is 42.4 Å². The van der Waals surface area contributed by atoms with Crippen LogP contribution in [-0.4, -0.2) is 7.11 Å². The smallest absolute Gasteiger partial charge is 0.168 e. The molecule has 0 unspecified atom stereocenters. The molecule has 0 amide bonds. The molecule has 2 rings (SSSR count). The third-order valence-electron chi connectivity index (χ3n) is 2.83. The Morgan fingerprint density at radius 1 is 1.43 bits per heavy atom. The van der Waals surface area contributed by atoms with Crippen LogP contribution in [-0.2, 0) is 6.42 Å². The second-order valence-electron chi connectivity index (χ2n) is 3.78. The predicted molar refractivity (Wildman–Crippen MR) is 54.3 cm³/mol. The van der Waals surface area contributed by atoms with Crippen LogP contribution in [0, 0.1) is 5.82 Å². The first-order chi connectivity index (χ1) is 6.77. The number of benzene rings is 1. The molecular formula is C12H15FO. The third kappa shape index (κ3) is 1.49. The van der Waals surface area contributed by atoms with E-state index in [4.69, 9.17) is 4.74 Å². The molecule has 0 atom stereocenters. The SMILES string of the molecule is CCc1c(C2CC2)ccc(OC)c1F. The zero-order valence-electron chi connectivity index (χ0n) is 8.64. The second kappa shape index (κ2) is 3.60. The maximum absolute atomic E-state index is 13.8. The molecule has 0 radical (unpaired) electrons. The summed E-state index contributed by atoms with van der Waals surface area (Å²) in [5.74, 6) is 0.802. The summed E-state index contributed by atoms with van der Waals surface area (Å²) in [7, 11) is 1.51. The lowest BCUT2D eigenvalue weighted by atomic mass is 10.0. The van der Waals surface area contributed by atoms with Crippen molar-refractivity contribution >= 4 is 0 Å². The van der Waals surface area contributed by atoms with Crippen LogP contribution < -0.4 is 4.74 Å². The van der Waals surface area contributed by atoms with Gasteiger partial charge in [0.15, 0.2) is 11.6 Å². The van der Waals surface area contributed by atoms with Gasteiger partial charge >= 0.3 is 0 Å². The molecule has 1 fully saturated rings. The summed E-state index contributed by atoms with van der Waals surface area (Å²) in [6.07, 6.45) is 3.16. The van der Waals surface area contributed by atoms with Gasteiger partial charge in [-0.3, -0.25) is 0 Å². The van der Waals surface area contributed by atoms with E-state index in [1.165, 1.54) is 25.5 Å². The largest absolute Gasteiger partial charge is 0.494 e. The zero-order chi connectivity index (χ0) is 10.1. The quantitative estimate of drug-likeness (QED) is 0.717. The molecule has 0 aliphatic heterocycles. The van der Waals surface area contributed by atoms with Gasteiger partial charge in [-0.25, -0.2) is 4.39 Å². The topological polar surface area (TPSA) is 9.23 Å². The van der Waals surface area contributed by atoms with Gasteiger partial charge in [0, 0.05) is 0 Å². The minimum Gasteiger partial charge on any atom is -0.494 e. The first kappa shape index (κ1) is 9.50. The summed E-state index contributed by atoms with van der Waals surface area (Å²) >= 11 is 0. The van der Waals surface area contributed by atoms with Crippen LogP contribution in [0.5, 0.6) is 5.75 Å². The highest BCUT2D eigenvalue weighted by Gasteiger charge is 2.27. The van der Waals surface area contributed by atoms with E-state index >= 15 is 0 Å². The zero-order valence-corrected chi connectivity index (χ0v) is 8.64. The summed E-state index contributed by atoms with van der Waals surface area (Å²) in [5.41, 5.74) is 2.03. The number of hydrogen-bond donors (Lipinski definition) is 0. The van der Waals surface area contributed by atoms with Crippen LogP contribution in [0.3, 0.4) is 0 Å². The molecular weight excluding hydrogens is 179 g/mol. The number of ether oxygens (including phenoxy) is 1. The van der Waals surface area contributed by atoms with Crippen LogP contribution in [0.2, 0.25) is 0 Å². The molecule has 1 aliphatic rings. The van der Waals surface area contributed by atoms with E-state index in [1.807, 2.05) is 13.0 Å². The van der Waals surface area contributed by atoms with Crippen molar-refractivity contribution in [3.8, 4) is 5.75 Å². The first-order valence-electron chi connectivity index (χ1n) is 5.13. The molecule has 0 N–H and O–H groups in total. The molecule has 2 heteroatoms. The first-order valence-corrected chi connectivity index (χ1v) is 5.13. The molecule has 1 aromatic rings. The van der Waals surface area contributed by atoms with E-state index in [1.54, 1.807) is 6.07 Å². The highest BCUT2D eigenvalue weighted by atomic mass is 19.1. The van der Waals surface area contributed by atoms with Crippen molar-refractivity contribution < 1.29 is 9.13 Å². The molecule has 1 nitrogen and oxygen atoms in total. The highest BCUT2D eigenvalue weighted by Crippen LogP contribution is 2.43. The van der Waals surface area contributed by atoms with E-state index in [2.05, 4.69) is 0 Å². The van der Waals surface area contributed by atoms with Crippen molar-refractivity contribution in [2.75, 3.05) is 7.11 Å². The van der Waals surface area contributed by atoms with Crippen LogP contribution in [0.25, 0.3) is 0 Å². The van der Waals surface area contributed by atoms with Gasteiger partial charge in [0.05, 0.1) is 7.11 Å². The maximum atomic E-state index is 13.8. The normalized spacial score (nSPS) is 15.6. The minimum absolute atomic E-state index is 0.167. The van der Waals surface area contributed by atoms with Crippen molar-refractivity contribution in [2.45, 2.75) is 32.1 Å². The minimum atomic E-state index is -0.167. The molecule has 1 aromatic carbocycles. The lowest BCUT2D eigenvalue weighted by Crippen LogP contribution is -1.98. The number of halogens is 1. The average molecular weight is 194 g/mol. The lowest BCUT2D eigenvalue weighted by Gasteiger charge is -2.11. The van der Waals surface area contributed by atoms with Crippen molar-refractivity contribution in [3.63, 3.8) is 0 Å². The summed E-state index contributed by atoms with van der Waals surface area (Å²) in [6.45, 7) is 1.99. The fourth-order valence-electron chi connectivity index (χ4n) is 1.91. The van der Waals surface area contributed by atoms with E-state index in [0.29, 0.717) is 11.7 Å². The van der Waals surface area contributed by atoms with Crippen LogP contribution >= 0.6 is 0 Å². The van der Waals surface area contributed by atoms with Gasteiger partial charge < -0.3 is 4.74 Å². The predicted octanol–water partition coefficient (Wildman–Crippen LogP) is 3.27. The Hall–Kier alpha value is -1.05. The molecule has 0 heterocycles. The Kier molecular flexibility index (Phi) is 2.44. The molecule has 0 aromatic heterocycles. The van der Waals surface area contributed by atoms with Crippen molar-refractivity contribution in [3.05, 3.63) is 29.1 Å². The second-order valence-corrected chi connectivity index (χ2v) is 3.78. The van der Waals surface area contributed by atoms with Crippen LogP contribution in [0.15, 0.2) is 12.1 Å². The van der Waals surface area contributed by atoms with Gasteiger partial charge in [-0.1, -0.05) is 13.0 Å². The summed E-state index contributed by atoms with van der Waals surface area (Å²) < 4.78 is 18.8. The number of hydrogen-bond acceptors (Lipinski definition) is 1. The van der Waals surface area contributed by atoms with Gasteiger partial charge in [-0.2, -0.15) is 0 Å². The molecule has 1 aliphatic carbocycles. The van der Waals surface area contributed by atoms with Crippen molar-refractivity contribution in [1.82, 2.24) is 0 Å². The Labute approximate surface area is 83.9 Å². The fraction of sp³-hybridized carbons (Fsp3) is 0.500. The van der Waals surface area contributed by atoms with Crippen molar-refractivity contribution in [2.24, 2.45) is 0 Å². The molecule has 76 valence electrons. The lowest BCUT2D eigenvalue weighted by molar-refractivity contribution is 0.384.